The van der Waals surface area contributed by atoms with Crippen molar-refractivity contribution in [2.45, 2.75) is 43.6 Å². The second kappa shape index (κ2) is 7.87. The SMILES string of the molecule is OC1(CCNc2ccc(Cl)cc2)CCC(c2ccnc3ccccc23)CC1. The molecule has 2 N–H and O–H groups in total. The summed E-state index contributed by atoms with van der Waals surface area (Å²) < 4.78 is 0. The zero-order valence-electron chi connectivity index (χ0n) is 15.4. The van der Waals surface area contributed by atoms with Crippen LogP contribution >= 0.6 is 11.6 Å². The van der Waals surface area contributed by atoms with Gasteiger partial charge in [0.1, 0.15) is 0 Å². The highest BCUT2D eigenvalue weighted by Gasteiger charge is 2.33. The molecule has 1 fully saturated rings. The van der Waals surface area contributed by atoms with Crippen molar-refractivity contribution >= 4 is 28.2 Å². The number of rotatable bonds is 5. The van der Waals surface area contributed by atoms with E-state index >= 15 is 0 Å². The Labute approximate surface area is 165 Å². The average Bonchev–Trinajstić information content (AvgIpc) is 2.70. The average molecular weight is 381 g/mol. The van der Waals surface area contributed by atoms with Gasteiger partial charge in [0.15, 0.2) is 0 Å². The van der Waals surface area contributed by atoms with E-state index in [1.807, 2.05) is 36.5 Å². The summed E-state index contributed by atoms with van der Waals surface area (Å²) in [6.45, 7) is 0.765. The van der Waals surface area contributed by atoms with Gasteiger partial charge in [-0.3, -0.25) is 4.98 Å². The van der Waals surface area contributed by atoms with Crippen molar-refractivity contribution in [2.24, 2.45) is 0 Å². The molecular weight excluding hydrogens is 356 g/mol. The third-order valence-electron chi connectivity index (χ3n) is 5.80. The van der Waals surface area contributed by atoms with E-state index in [1.165, 1.54) is 10.9 Å². The van der Waals surface area contributed by atoms with E-state index in [2.05, 4.69) is 34.6 Å². The Kier molecular flexibility index (Phi) is 5.33. The molecule has 0 unspecified atom stereocenters. The molecule has 0 aliphatic heterocycles. The van der Waals surface area contributed by atoms with Gasteiger partial charge in [0.05, 0.1) is 11.1 Å². The van der Waals surface area contributed by atoms with Gasteiger partial charge in [0, 0.05) is 28.8 Å². The number of anilines is 1. The molecule has 0 amide bonds. The van der Waals surface area contributed by atoms with Crippen molar-refractivity contribution in [3.8, 4) is 0 Å². The number of aromatic nitrogens is 1. The lowest BCUT2D eigenvalue weighted by Gasteiger charge is -2.36. The lowest BCUT2D eigenvalue weighted by molar-refractivity contribution is -0.00527. The molecule has 3 aromatic rings. The smallest absolute Gasteiger partial charge is 0.0704 e. The number of benzene rings is 2. The van der Waals surface area contributed by atoms with E-state index in [1.54, 1.807) is 0 Å². The Hall–Kier alpha value is -2.10. The number of nitrogens with zero attached hydrogens (tertiary/aromatic N) is 1. The van der Waals surface area contributed by atoms with E-state index in [0.717, 1.165) is 54.9 Å². The standard InChI is InChI=1S/C23H25ClN2O/c24-18-5-7-19(8-6-18)25-16-14-23(27)12-9-17(10-13-23)20-11-15-26-22-4-2-1-3-21(20)22/h1-8,11,15,17,25,27H,9-10,12-14,16H2. The van der Waals surface area contributed by atoms with Crippen LogP contribution in [0.5, 0.6) is 0 Å². The molecule has 0 bridgehead atoms. The first-order chi connectivity index (χ1) is 13.1. The highest BCUT2D eigenvalue weighted by Crippen LogP contribution is 2.41. The van der Waals surface area contributed by atoms with Gasteiger partial charge in [-0.25, -0.2) is 0 Å². The van der Waals surface area contributed by atoms with Crippen LogP contribution in [0, 0.1) is 0 Å². The van der Waals surface area contributed by atoms with Gasteiger partial charge in [-0.2, -0.15) is 0 Å². The summed E-state index contributed by atoms with van der Waals surface area (Å²) >= 11 is 5.92. The maximum absolute atomic E-state index is 11.0. The van der Waals surface area contributed by atoms with E-state index in [4.69, 9.17) is 11.6 Å². The van der Waals surface area contributed by atoms with Crippen LogP contribution < -0.4 is 5.32 Å². The molecule has 3 nitrogen and oxygen atoms in total. The van der Waals surface area contributed by atoms with E-state index in [9.17, 15) is 5.11 Å². The number of pyridine rings is 1. The molecule has 1 saturated carbocycles. The van der Waals surface area contributed by atoms with Crippen LogP contribution in [0.3, 0.4) is 0 Å². The van der Waals surface area contributed by atoms with Crippen LogP contribution in [-0.4, -0.2) is 22.2 Å². The maximum Gasteiger partial charge on any atom is 0.0704 e. The second-order valence-electron chi connectivity index (χ2n) is 7.60. The van der Waals surface area contributed by atoms with Gasteiger partial charge in [0.25, 0.3) is 0 Å². The molecular formula is C23H25ClN2O. The van der Waals surface area contributed by atoms with E-state index < -0.39 is 5.60 Å². The first-order valence-corrected chi connectivity index (χ1v) is 10.1. The van der Waals surface area contributed by atoms with E-state index in [0.29, 0.717) is 5.92 Å². The van der Waals surface area contributed by atoms with Crippen LogP contribution in [0.2, 0.25) is 5.02 Å². The van der Waals surface area contributed by atoms with E-state index in [-0.39, 0.29) is 0 Å². The molecule has 27 heavy (non-hydrogen) atoms. The Morgan fingerprint density at radius 1 is 1.04 bits per heavy atom. The topological polar surface area (TPSA) is 45.1 Å². The normalized spacial score (nSPS) is 22.7. The fourth-order valence-corrected chi connectivity index (χ4v) is 4.32. The largest absolute Gasteiger partial charge is 0.390 e. The van der Waals surface area contributed by atoms with Crippen molar-refractivity contribution in [3.05, 3.63) is 71.4 Å². The third kappa shape index (κ3) is 4.26. The highest BCUT2D eigenvalue weighted by molar-refractivity contribution is 6.30. The summed E-state index contributed by atoms with van der Waals surface area (Å²) in [5.74, 6) is 0.502. The Balaban J connectivity index is 1.35. The molecule has 0 spiro atoms. The molecule has 1 aliphatic rings. The molecule has 0 saturated heterocycles. The summed E-state index contributed by atoms with van der Waals surface area (Å²) in [5.41, 5.74) is 2.91. The Bertz CT molecular complexity index is 896. The minimum Gasteiger partial charge on any atom is -0.390 e. The number of aliphatic hydroxyl groups is 1. The fourth-order valence-electron chi connectivity index (χ4n) is 4.20. The zero-order chi connectivity index (χ0) is 18.7. The Morgan fingerprint density at radius 2 is 1.78 bits per heavy atom. The summed E-state index contributed by atoms with van der Waals surface area (Å²) in [7, 11) is 0. The lowest BCUT2D eigenvalue weighted by atomic mass is 9.74. The van der Waals surface area contributed by atoms with Gasteiger partial charge < -0.3 is 10.4 Å². The monoisotopic (exact) mass is 380 g/mol. The molecule has 0 radical (unpaired) electrons. The summed E-state index contributed by atoms with van der Waals surface area (Å²) in [5, 5.41) is 16.4. The molecule has 140 valence electrons. The van der Waals surface area contributed by atoms with Gasteiger partial charge in [-0.1, -0.05) is 29.8 Å². The van der Waals surface area contributed by atoms with Crippen LogP contribution in [0.1, 0.15) is 43.6 Å². The fraction of sp³-hybridized carbons (Fsp3) is 0.348. The van der Waals surface area contributed by atoms with Crippen LogP contribution in [-0.2, 0) is 0 Å². The van der Waals surface area contributed by atoms with Crippen molar-refractivity contribution in [1.29, 1.82) is 0 Å². The number of halogens is 1. The maximum atomic E-state index is 11.0. The minimum absolute atomic E-state index is 0.502. The number of nitrogens with one attached hydrogen (secondary N) is 1. The van der Waals surface area contributed by atoms with Crippen LogP contribution in [0.15, 0.2) is 60.8 Å². The number of fused-ring (bicyclic) bond motifs is 1. The quantitative estimate of drug-likeness (QED) is 0.589. The summed E-state index contributed by atoms with van der Waals surface area (Å²) in [4.78, 5) is 4.47. The van der Waals surface area contributed by atoms with Crippen molar-refractivity contribution in [3.63, 3.8) is 0 Å². The number of hydrogen-bond donors (Lipinski definition) is 2. The molecule has 1 heterocycles. The van der Waals surface area contributed by atoms with Crippen LogP contribution in [0.4, 0.5) is 5.69 Å². The minimum atomic E-state index is -0.571. The number of para-hydroxylation sites is 1. The lowest BCUT2D eigenvalue weighted by Crippen LogP contribution is -2.35. The van der Waals surface area contributed by atoms with Crippen molar-refractivity contribution in [2.75, 3.05) is 11.9 Å². The zero-order valence-corrected chi connectivity index (χ0v) is 16.1. The molecule has 0 atom stereocenters. The second-order valence-corrected chi connectivity index (χ2v) is 8.04. The Morgan fingerprint density at radius 3 is 2.56 bits per heavy atom. The van der Waals surface area contributed by atoms with Gasteiger partial charge in [-0.15, -0.1) is 0 Å². The van der Waals surface area contributed by atoms with Crippen molar-refractivity contribution < 1.29 is 5.11 Å². The first kappa shape index (κ1) is 18.3. The predicted molar refractivity (Wildman–Crippen MR) is 112 cm³/mol. The summed E-state index contributed by atoms with van der Waals surface area (Å²) in [6.07, 6.45) is 6.40. The third-order valence-corrected chi connectivity index (χ3v) is 6.05. The molecule has 4 heteroatoms. The first-order valence-electron chi connectivity index (χ1n) is 9.68. The predicted octanol–water partition coefficient (Wildman–Crippen LogP) is 5.78. The van der Waals surface area contributed by atoms with Gasteiger partial charge in [-0.05, 0) is 80.0 Å². The highest BCUT2D eigenvalue weighted by atomic mass is 35.5. The van der Waals surface area contributed by atoms with Gasteiger partial charge in [0.2, 0.25) is 0 Å². The summed E-state index contributed by atoms with van der Waals surface area (Å²) in [6, 6.07) is 18.2. The molecule has 2 aromatic carbocycles. The van der Waals surface area contributed by atoms with Gasteiger partial charge >= 0.3 is 0 Å². The molecule has 1 aromatic heterocycles. The van der Waals surface area contributed by atoms with Crippen molar-refractivity contribution in [1.82, 2.24) is 4.98 Å². The molecule has 1 aliphatic carbocycles. The number of hydrogen-bond acceptors (Lipinski definition) is 3. The van der Waals surface area contributed by atoms with Crippen LogP contribution in [0.25, 0.3) is 10.9 Å². The molecule has 4 rings (SSSR count).